The molecule has 0 amide bonds. The van der Waals surface area contributed by atoms with Gasteiger partial charge in [-0.05, 0) is 120 Å². The van der Waals surface area contributed by atoms with Gasteiger partial charge in [0.1, 0.15) is 6.10 Å². The molecule has 0 aromatic rings. The second-order valence-corrected chi connectivity index (χ2v) is 11.7. The Balaban J connectivity index is 4.94. The summed E-state index contributed by atoms with van der Waals surface area (Å²) in [5, 5.41) is 32.8. The summed E-state index contributed by atoms with van der Waals surface area (Å²) in [5.74, 6) is -0.464. The number of aliphatic hydroxyl groups excluding tert-OH is 1. The van der Waals surface area contributed by atoms with Gasteiger partial charge in [0, 0.05) is 6.92 Å². The van der Waals surface area contributed by atoms with Crippen molar-refractivity contribution in [1.29, 1.82) is 0 Å². The first-order valence-electron chi connectivity index (χ1n) is 13.9. The van der Waals surface area contributed by atoms with Crippen LogP contribution in [0.15, 0.2) is 46.6 Å². The van der Waals surface area contributed by atoms with Crippen LogP contribution in [0.4, 0.5) is 0 Å². The van der Waals surface area contributed by atoms with E-state index in [2.05, 4.69) is 65.8 Å². The van der Waals surface area contributed by atoms with E-state index in [4.69, 9.17) is 4.74 Å². The zero-order valence-corrected chi connectivity index (χ0v) is 25.2. The van der Waals surface area contributed by atoms with Crippen LogP contribution < -0.4 is 0 Å². The van der Waals surface area contributed by atoms with Crippen molar-refractivity contribution in [3.05, 3.63) is 46.6 Å². The molecule has 0 aromatic heterocycles. The number of hydrogen-bond acceptors (Lipinski definition) is 5. The number of carbonyl (C=O) groups excluding carboxylic acids is 1. The summed E-state index contributed by atoms with van der Waals surface area (Å²) >= 11 is 0. The minimum atomic E-state index is -1.27. The molecular weight excluding hydrogens is 464 g/mol. The molecule has 0 aliphatic carbocycles. The van der Waals surface area contributed by atoms with Gasteiger partial charge in [0.05, 0.1) is 17.3 Å². The van der Waals surface area contributed by atoms with E-state index < -0.39 is 29.4 Å². The summed E-state index contributed by atoms with van der Waals surface area (Å²) in [4.78, 5) is 11.7. The lowest BCUT2D eigenvalue weighted by Crippen LogP contribution is -2.45. The van der Waals surface area contributed by atoms with E-state index in [1.807, 2.05) is 0 Å². The van der Waals surface area contributed by atoms with Gasteiger partial charge in [-0.15, -0.1) is 0 Å². The van der Waals surface area contributed by atoms with Crippen molar-refractivity contribution in [2.24, 2.45) is 0 Å². The maximum atomic E-state index is 11.7. The van der Waals surface area contributed by atoms with Crippen molar-refractivity contribution < 1.29 is 24.9 Å². The van der Waals surface area contributed by atoms with E-state index in [0.717, 1.165) is 25.7 Å². The number of carbonyl (C=O) groups is 1. The highest BCUT2D eigenvalue weighted by Crippen LogP contribution is 2.28. The van der Waals surface area contributed by atoms with Crippen LogP contribution in [0, 0.1) is 0 Å². The van der Waals surface area contributed by atoms with Crippen LogP contribution in [0.5, 0.6) is 0 Å². The number of rotatable bonds is 18. The fourth-order valence-electron chi connectivity index (χ4n) is 4.25. The van der Waals surface area contributed by atoms with Crippen LogP contribution in [-0.2, 0) is 9.53 Å². The van der Waals surface area contributed by atoms with Crippen LogP contribution in [0.3, 0.4) is 0 Å². The largest absolute Gasteiger partial charge is 0.460 e. The van der Waals surface area contributed by atoms with Gasteiger partial charge in [-0.3, -0.25) is 4.79 Å². The number of ether oxygens (including phenoxy) is 1. The lowest BCUT2D eigenvalue weighted by molar-refractivity contribution is -0.164. The summed E-state index contributed by atoms with van der Waals surface area (Å²) < 4.78 is 5.47. The predicted octanol–water partition coefficient (Wildman–Crippen LogP) is 7.51. The van der Waals surface area contributed by atoms with E-state index in [1.54, 1.807) is 13.8 Å². The van der Waals surface area contributed by atoms with E-state index >= 15 is 0 Å². The Morgan fingerprint density at radius 2 is 1.14 bits per heavy atom. The van der Waals surface area contributed by atoms with Crippen LogP contribution in [0.25, 0.3) is 0 Å². The zero-order chi connectivity index (χ0) is 28.6. The predicted molar refractivity (Wildman–Crippen MR) is 155 cm³/mol. The van der Waals surface area contributed by atoms with E-state index in [-0.39, 0.29) is 12.8 Å². The van der Waals surface area contributed by atoms with Gasteiger partial charge in [-0.1, -0.05) is 46.6 Å². The summed E-state index contributed by atoms with van der Waals surface area (Å²) in [5.41, 5.74) is 2.66. The molecule has 0 aliphatic heterocycles. The molecule has 0 aliphatic rings. The topological polar surface area (TPSA) is 87.0 Å². The first-order valence-corrected chi connectivity index (χ1v) is 13.9. The van der Waals surface area contributed by atoms with Crippen LogP contribution in [0.1, 0.15) is 127 Å². The molecule has 0 spiro atoms. The van der Waals surface area contributed by atoms with E-state index in [1.165, 1.54) is 29.2 Å². The number of esters is 1. The van der Waals surface area contributed by atoms with E-state index in [0.29, 0.717) is 25.7 Å². The summed E-state index contributed by atoms with van der Waals surface area (Å²) in [6.07, 6.45) is 13.6. The summed E-state index contributed by atoms with van der Waals surface area (Å²) in [7, 11) is 0. The van der Waals surface area contributed by atoms with Gasteiger partial charge >= 0.3 is 5.97 Å². The third-order valence-electron chi connectivity index (χ3n) is 6.89. The average Bonchev–Trinajstić information content (AvgIpc) is 2.75. The van der Waals surface area contributed by atoms with Crippen molar-refractivity contribution in [3.8, 4) is 0 Å². The molecule has 0 saturated heterocycles. The highest BCUT2D eigenvalue weighted by molar-refractivity contribution is 5.66. The Kier molecular flexibility index (Phi) is 16.9. The Labute approximate surface area is 227 Å². The Morgan fingerprint density at radius 3 is 1.54 bits per heavy atom. The first kappa shape index (κ1) is 35.3. The maximum Gasteiger partial charge on any atom is 0.303 e. The molecule has 0 radical (unpaired) electrons. The highest BCUT2D eigenvalue weighted by Gasteiger charge is 2.36. The molecule has 37 heavy (non-hydrogen) atoms. The molecule has 0 unspecified atom stereocenters. The minimum absolute atomic E-state index is 0.224. The zero-order valence-electron chi connectivity index (χ0n) is 25.2. The van der Waals surface area contributed by atoms with Gasteiger partial charge in [0.2, 0.25) is 0 Å². The maximum absolute atomic E-state index is 11.7. The first-order chi connectivity index (χ1) is 17.1. The molecule has 0 rings (SSSR count). The second kappa shape index (κ2) is 17.8. The summed E-state index contributed by atoms with van der Waals surface area (Å²) in [6, 6.07) is 0. The molecule has 0 aromatic carbocycles. The van der Waals surface area contributed by atoms with Gasteiger partial charge in [-0.25, -0.2) is 0 Å². The Hall–Kier alpha value is -1.69. The summed E-state index contributed by atoms with van der Waals surface area (Å²) in [6.45, 7) is 17.2. The normalized spacial score (nSPS) is 17.3. The standard InChI is InChI=1S/C32H56O5/c1-24(2)14-10-16-26(5)18-12-22-31(8,35)29(34)20-21-30(37-28(7)33)32(9,36)23-13-19-27(6)17-11-15-25(3)4/h14-15,18-19,29-30,34-36H,10-13,16-17,20-23H2,1-9H3/b26-18-,27-19-/t29-,30+,31+,32-/m1/s1. The molecule has 5 heteroatoms. The van der Waals surface area contributed by atoms with Crippen molar-refractivity contribution in [3.63, 3.8) is 0 Å². The molecule has 4 atom stereocenters. The molecule has 0 bridgehead atoms. The van der Waals surface area contributed by atoms with Gasteiger partial charge in [0.25, 0.3) is 0 Å². The Bertz CT molecular complexity index is 790. The van der Waals surface area contributed by atoms with Crippen molar-refractivity contribution in [2.75, 3.05) is 0 Å². The van der Waals surface area contributed by atoms with Crippen LogP contribution >= 0.6 is 0 Å². The highest BCUT2D eigenvalue weighted by atomic mass is 16.6. The Morgan fingerprint density at radius 1 is 0.703 bits per heavy atom. The quantitative estimate of drug-likeness (QED) is 0.129. The SMILES string of the molecule is CC(=O)O[C@@H](CC[C@@H](O)[C@@](C)(O)CC/C=C(/C)CCC=C(C)C)[C@](C)(O)CC/C=C(/C)CCC=C(C)C. The number of allylic oxidation sites excluding steroid dienone is 8. The van der Waals surface area contributed by atoms with Crippen molar-refractivity contribution in [1.82, 2.24) is 0 Å². The number of aliphatic hydroxyl groups is 3. The third kappa shape index (κ3) is 17.4. The molecular formula is C32H56O5. The van der Waals surface area contributed by atoms with Gasteiger partial charge in [-0.2, -0.15) is 0 Å². The number of hydrogen-bond donors (Lipinski definition) is 3. The lowest BCUT2D eigenvalue weighted by Gasteiger charge is -2.35. The smallest absolute Gasteiger partial charge is 0.303 e. The van der Waals surface area contributed by atoms with Crippen LogP contribution in [-0.4, -0.2) is 44.7 Å². The molecule has 214 valence electrons. The second-order valence-electron chi connectivity index (χ2n) is 11.7. The van der Waals surface area contributed by atoms with Gasteiger partial charge in [0.15, 0.2) is 0 Å². The van der Waals surface area contributed by atoms with Crippen molar-refractivity contribution >= 4 is 5.97 Å². The molecule has 0 heterocycles. The van der Waals surface area contributed by atoms with Crippen LogP contribution in [0.2, 0.25) is 0 Å². The van der Waals surface area contributed by atoms with Gasteiger partial charge < -0.3 is 20.1 Å². The average molecular weight is 521 g/mol. The molecule has 0 fully saturated rings. The fourth-order valence-corrected chi connectivity index (χ4v) is 4.25. The minimum Gasteiger partial charge on any atom is -0.460 e. The lowest BCUT2D eigenvalue weighted by atomic mass is 9.85. The molecule has 3 N–H and O–H groups in total. The van der Waals surface area contributed by atoms with E-state index in [9.17, 15) is 20.1 Å². The fraction of sp³-hybridized carbons (Fsp3) is 0.719. The third-order valence-corrected chi connectivity index (χ3v) is 6.89. The molecule has 5 nitrogen and oxygen atoms in total. The monoisotopic (exact) mass is 520 g/mol. The van der Waals surface area contributed by atoms with Crippen molar-refractivity contribution in [2.45, 2.75) is 150 Å². The molecule has 0 saturated carbocycles.